The van der Waals surface area contributed by atoms with E-state index in [4.69, 9.17) is 25.8 Å². The topological polar surface area (TPSA) is 60.0 Å². The molecule has 0 aromatic heterocycles. The average molecular weight is 318 g/mol. The minimum absolute atomic E-state index is 0.0596. The first-order valence-electron chi connectivity index (χ1n) is 6.91. The van der Waals surface area contributed by atoms with Crippen molar-refractivity contribution in [2.45, 2.75) is 25.7 Å². The van der Waals surface area contributed by atoms with Crippen LogP contribution in [0.5, 0.6) is 5.75 Å². The Balaban J connectivity index is 2.45. The maximum atomic E-state index is 9.88. The summed E-state index contributed by atoms with van der Waals surface area (Å²) in [6.45, 7) is 3.34. The van der Waals surface area contributed by atoms with Gasteiger partial charge in [0, 0.05) is 24.2 Å². The van der Waals surface area contributed by atoms with Crippen LogP contribution >= 0.6 is 11.6 Å². The van der Waals surface area contributed by atoms with E-state index in [1.165, 1.54) is 0 Å². The van der Waals surface area contributed by atoms with Gasteiger partial charge in [-0.1, -0.05) is 17.7 Å². The minimum atomic E-state index is -0.703. The fourth-order valence-electron chi connectivity index (χ4n) is 1.81. The second kappa shape index (κ2) is 9.97. The van der Waals surface area contributed by atoms with Crippen LogP contribution in [0, 0.1) is 0 Å². The molecule has 0 heterocycles. The Labute approximate surface area is 131 Å². The molecule has 120 valence electrons. The zero-order valence-corrected chi connectivity index (χ0v) is 13.5. The van der Waals surface area contributed by atoms with Crippen molar-refractivity contribution >= 4 is 11.6 Å². The standard InChI is InChI=1S/C15H24ClNO4/c1-11(8-19-3)20-9-12(18)10-21-15-6-4-5-14(16)13(15)7-17-2/h4-6,11-12,17-18H,7-10H2,1-3H3. The summed E-state index contributed by atoms with van der Waals surface area (Å²) < 4.78 is 16.0. The maximum absolute atomic E-state index is 9.88. The van der Waals surface area contributed by atoms with Crippen LogP contribution in [0.2, 0.25) is 5.02 Å². The molecule has 2 N–H and O–H groups in total. The number of aliphatic hydroxyl groups is 1. The molecule has 0 amide bonds. The van der Waals surface area contributed by atoms with Crippen LogP contribution in [0.25, 0.3) is 0 Å². The second-order valence-electron chi connectivity index (χ2n) is 4.81. The van der Waals surface area contributed by atoms with Crippen molar-refractivity contribution in [3.8, 4) is 5.75 Å². The van der Waals surface area contributed by atoms with Crippen LogP contribution in [0.3, 0.4) is 0 Å². The highest BCUT2D eigenvalue weighted by Crippen LogP contribution is 2.26. The van der Waals surface area contributed by atoms with Crippen molar-refractivity contribution in [2.75, 3.05) is 34.0 Å². The highest BCUT2D eigenvalue weighted by Gasteiger charge is 2.12. The minimum Gasteiger partial charge on any atom is -0.490 e. The maximum Gasteiger partial charge on any atom is 0.125 e. The average Bonchev–Trinajstić information content (AvgIpc) is 2.46. The molecule has 21 heavy (non-hydrogen) atoms. The highest BCUT2D eigenvalue weighted by molar-refractivity contribution is 6.31. The first-order chi connectivity index (χ1) is 10.1. The molecular formula is C15H24ClNO4. The summed E-state index contributed by atoms with van der Waals surface area (Å²) in [7, 11) is 3.45. The predicted octanol–water partition coefficient (Wildman–Crippen LogP) is 1.85. The Bertz CT molecular complexity index is 417. The van der Waals surface area contributed by atoms with Gasteiger partial charge in [-0.15, -0.1) is 0 Å². The summed E-state index contributed by atoms with van der Waals surface area (Å²) in [6.07, 6.45) is -0.763. The summed E-state index contributed by atoms with van der Waals surface area (Å²) >= 11 is 6.14. The first-order valence-corrected chi connectivity index (χ1v) is 7.29. The normalized spacial score (nSPS) is 14.0. The largest absolute Gasteiger partial charge is 0.490 e. The monoisotopic (exact) mass is 317 g/mol. The van der Waals surface area contributed by atoms with Crippen LogP contribution in [-0.4, -0.2) is 51.3 Å². The zero-order valence-electron chi connectivity index (χ0n) is 12.8. The van der Waals surface area contributed by atoms with Gasteiger partial charge in [0.25, 0.3) is 0 Å². The Morgan fingerprint density at radius 1 is 1.29 bits per heavy atom. The molecule has 1 rings (SSSR count). The number of benzene rings is 1. The van der Waals surface area contributed by atoms with Gasteiger partial charge in [-0.2, -0.15) is 0 Å². The smallest absolute Gasteiger partial charge is 0.125 e. The summed E-state index contributed by atoms with van der Waals surface area (Å²) in [6, 6.07) is 5.47. The SMILES string of the molecule is CNCc1c(Cl)cccc1OCC(O)COC(C)COC. The molecule has 1 aromatic rings. The second-order valence-corrected chi connectivity index (χ2v) is 5.22. The van der Waals surface area contributed by atoms with E-state index in [1.807, 2.05) is 32.2 Å². The molecule has 0 aliphatic carbocycles. The fraction of sp³-hybridized carbons (Fsp3) is 0.600. The number of hydrogen-bond donors (Lipinski definition) is 2. The summed E-state index contributed by atoms with van der Waals surface area (Å²) in [5.74, 6) is 0.667. The van der Waals surface area contributed by atoms with E-state index in [0.29, 0.717) is 23.9 Å². The lowest BCUT2D eigenvalue weighted by molar-refractivity contribution is -0.0423. The van der Waals surface area contributed by atoms with Crippen molar-refractivity contribution < 1.29 is 19.3 Å². The number of rotatable bonds is 10. The molecule has 5 nitrogen and oxygen atoms in total. The number of nitrogens with one attached hydrogen (secondary N) is 1. The zero-order chi connectivity index (χ0) is 15.7. The number of methoxy groups -OCH3 is 1. The lowest BCUT2D eigenvalue weighted by Gasteiger charge is -2.18. The van der Waals surface area contributed by atoms with Gasteiger partial charge in [-0.05, 0) is 26.1 Å². The third-order valence-corrected chi connectivity index (χ3v) is 3.19. The predicted molar refractivity (Wildman–Crippen MR) is 83.0 cm³/mol. The van der Waals surface area contributed by atoms with Gasteiger partial charge >= 0.3 is 0 Å². The van der Waals surface area contributed by atoms with Crippen molar-refractivity contribution in [2.24, 2.45) is 0 Å². The number of aliphatic hydroxyl groups excluding tert-OH is 1. The molecule has 6 heteroatoms. The van der Waals surface area contributed by atoms with Crippen LogP contribution in [0.1, 0.15) is 12.5 Å². The van der Waals surface area contributed by atoms with E-state index in [9.17, 15) is 5.11 Å². The van der Waals surface area contributed by atoms with E-state index in [1.54, 1.807) is 7.11 Å². The van der Waals surface area contributed by atoms with Gasteiger partial charge in [0.2, 0.25) is 0 Å². The number of halogens is 1. The third kappa shape index (κ3) is 6.63. The quantitative estimate of drug-likeness (QED) is 0.689. The highest BCUT2D eigenvalue weighted by atomic mass is 35.5. The molecule has 0 aliphatic heterocycles. The summed E-state index contributed by atoms with van der Waals surface area (Å²) in [4.78, 5) is 0. The van der Waals surface area contributed by atoms with E-state index in [-0.39, 0.29) is 19.3 Å². The van der Waals surface area contributed by atoms with Crippen LogP contribution in [0.15, 0.2) is 18.2 Å². The molecule has 1 aromatic carbocycles. The van der Waals surface area contributed by atoms with Gasteiger partial charge < -0.3 is 24.6 Å². The van der Waals surface area contributed by atoms with Crippen molar-refractivity contribution in [1.29, 1.82) is 0 Å². The molecular weight excluding hydrogens is 294 g/mol. The molecule has 0 spiro atoms. The summed E-state index contributed by atoms with van der Waals surface area (Å²) in [5.41, 5.74) is 0.877. The fourth-order valence-corrected chi connectivity index (χ4v) is 2.05. The Hall–Kier alpha value is -0.850. The van der Waals surface area contributed by atoms with Crippen molar-refractivity contribution in [3.63, 3.8) is 0 Å². The van der Waals surface area contributed by atoms with Crippen molar-refractivity contribution in [3.05, 3.63) is 28.8 Å². The molecule has 0 aliphatic rings. The van der Waals surface area contributed by atoms with Gasteiger partial charge in [0.1, 0.15) is 18.5 Å². The molecule has 0 fully saturated rings. The van der Waals surface area contributed by atoms with E-state index < -0.39 is 6.10 Å². The van der Waals surface area contributed by atoms with Gasteiger partial charge in [0.05, 0.1) is 19.3 Å². The molecule has 0 saturated heterocycles. The van der Waals surface area contributed by atoms with Gasteiger partial charge in [-0.25, -0.2) is 0 Å². The van der Waals surface area contributed by atoms with E-state index in [2.05, 4.69) is 5.32 Å². The lowest BCUT2D eigenvalue weighted by Crippen LogP contribution is -2.27. The molecule has 0 bridgehead atoms. The van der Waals surface area contributed by atoms with Crippen LogP contribution in [-0.2, 0) is 16.0 Å². The van der Waals surface area contributed by atoms with Crippen LogP contribution in [0.4, 0.5) is 0 Å². The molecule has 0 radical (unpaired) electrons. The lowest BCUT2D eigenvalue weighted by atomic mass is 10.2. The van der Waals surface area contributed by atoms with Gasteiger partial charge in [-0.3, -0.25) is 0 Å². The van der Waals surface area contributed by atoms with Crippen LogP contribution < -0.4 is 10.1 Å². The van der Waals surface area contributed by atoms with E-state index >= 15 is 0 Å². The molecule has 2 atom stereocenters. The number of ether oxygens (including phenoxy) is 3. The van der Waals surface area contributed by atoms with Crippen molar-refractivity contribution in [1.82, 2.24) is 5.32 Å². The number of hydrogen-bond acceptors (Lipinski definition) is 5. The Kier molecular flexibility index (Phi) is 8.64. The summed E-state index contributed by atoms with van der Waals surface area (Å²) in [5, 5.41) is 13.6. The van der Waals surface area contributed by atoms with Gasteiger partial charge in [0.15, 0.2) is 0 Å². The Morgan fingerprint density at radius 2 is 2.05 bits per heavy atom. The third-order valence-electron chi connectivity index (χ3n) is 2.84. The van der Waals surface area contributed by atoms with E-state index in [0.717, 1.165) is 5.56 Å². The molecule has 2 unspecified atom stereocenters. The first kappa shape index (κ1) is 18.2. The Morgan fingerprint density at radius 3 is 2.71 bits per heavy atom. The molecule has 0 saturated carbocycles.